The second kappa shape index (κ2) is 4.20. The first-order chi connectivity index (χ1) is 9.23. The number of rotatable bonds is 2. The molecule has 19 heavy (non-hydrogen) atoms. The number of benzene rings is 1. The van der Waals surface area contributed by atoms with Crippen LogP contribution in [0, 0.1) is 0 Å². The lowest BCUT2D eigenvalue weighted by Gasteiger charge is -2.26. The first-order valence-corrected chi connectivity index (χ1v) is 5.83. The third-order valence-electron chi connectivity index (χ3n) is 3.19. The Labute approximate surface area is 109 Å². The average Bonchev–Trinajstić information content (AvgIpc) is 2.76. The molecule has 0 unspecified atom stereocenters. The average molecular weight is 253 g/mol. The third kappa shape index (κ3) is 1.67. The minimum atomic E-state index is -1.18. The zero-order chi connectivity index (χ0) is 13.3. The van der Waals surface area contributed by atoms with Crippen molar-refractivity contribution in [2.75, 3.05) is 0 Å². The van der Waals surface area contributed by atoms with Gasteiger partial charge in [-0.2, -0.15) is 0 Å². The standard InChI is InChI=1S/C14H11N3O2/c18-12-14(17-13(19)16-12,10-4-2-1-3-5-10)11-6-8-15-9-7-11/h1-9H,(H2,16,17,18,19)/t14-/m0/s1. The Hall–Kier alpha value is -2.69. The van der Waals surface area contributed by atoms with Gasteiger partial charge < -0.3 is 5.32 Å². The van der Waals surface area contributed by atoms with Crippen molar-refractivity contribution in [3.8, 4) is 0 Å². The molecule has 2 aromatic rings. The van der Waals surface area contributed by atoms with Crippen LogP contribution in [0.1, 0.15) is 11.1 Å². The van der Waals surface area contributed by atoms with E-state index in [1.165, 1.54) is 0 Å². The molecule has 5 nitrogen and oxygen atoms in total. The van der Waals surface area contributed by atoms with E-state index in [9.17, 15) is 9.59 Å². The van der Waals surface area contributed by atoms with Gasteiger partial charge in [0.15, 0.2) is 5.54 Å². The van der Waals surface area contributed by atoms with E-state index >= 15 is 0 Å². The van der Waals surface area contributed by atoms with Crippen LogP contribution in [-0.4, -0.2) is 16.9 Å². The zero-order valence-electron chi connectivity index (χ0n) is 9.96. The fraction of sp³-hybridized carbons (Fsp3) is 0.0714. The van der Waals surface area contributed by atoms with Crippen LogP contribution in [0.4, 0.5) is 4.79 Å². The molecule has 1 saturated heterocycles. The SMILES string of the molecule is O=C1NC(=O)[C@](c2ccccc2)(c2ccncc2)N1. The lowest BCUT2D eigenvalue weighted by atomic mass is 9.83. The van der Waals surface area contributed by atoms with Crippen molar-refractivity contribution in [1.29, 1.82) is 0 Å². The summed E-state index contributed by atoms with van der Waals surface area (Å²) in [4.78, 5) is 27.8. The Bertz CT molecular complexity index is 586. The predicted molar refractivity (Wildman–Crippen MR) is 68.1 cm³/mol. The van der Waals surface area contributed by atoms with Crippen molar-refractivity contribution in [3.63, 3.8) is 0 Å². The highest BCUT2D eigenvalue weighted by atomic mass is 16.2. The molecule has 1 aromatic heterocycles. The number of carbonyl (C=O) groups excluding carboxylic acids is 2. The summed E-state index contributed by atoms with van der Waals surface area (Å²) in [7, 11) is 0. The number of amides is 3. The number of nitrogens with zero attached hydrogens (tertiary/aromatic N) is 1. The first kappa shape index (κ1) is 11.4. The number of nitrogens with one attached hydrogen (secondary N) is 2. The van der Waals surface area contributed by atoms with E-state index in [0.717, 1.165) is 0 Å². The van der Waals surface area contributed by atoms with Crippen molar-refractivity contribution >= 4 is 11.9 Å². The summed E-state index contributed by atoms with van der Waals surface area (Å²) in [6.07, 6.45) is 3.19. The number of carbonyl (C=O) groups is 2. The van der Waals surface area contributed by atoms with Gasteiger partial charge in [-0.15, -0.1) is 0 Å². The van der Waals surface area contributed by atoms with Crippen molar-refractivity contribution in [2.45, 2.75) is 5.54 Å². The summed E-state index contributed by atoms with van der Waals surface area (Å²) < 4.78 is 0. The number of aromatic nitrogens is 1. The van der Waals surface area contributed by atoms with Gasteiger partial charge in [-0.25, -0.2) is 4.79 Å². The molecule has 1 aromatic carbocycles. The van der Waals surface area contributed by atoms with Crippen molar-refractivity contribution in [2.24, 2.45) is 0 Å². The molecule has 5 heteroatoms. The Morgan fingerprint density at radius 1 is 0.895 bits per heavy atom. The van der Waals surface area contributed by atoms with E-state index in [2.05, 4.69) is 15.6 Å². The molecule has 1 aliphatic rings. The molecule has 2 heterocycles. The number of urea groups is 1. The van der Waals surface area contributed by atoms with Crippen LogP contribution in [0.25, 0.3) is 0 Å². The minimum Gasteiger partial charge on any atom is -0.316 e. The minimum absolute atomic E-state index is 0.380. The molecular weight excluding hydrogens is 242 g/mol. The first-order valence-electron chi connectivity index (χ1n) is 5.83. The summed E-state index contributed by atoms with van der Waals surface area (Å²) >= 11 is 0. The summed E-state index contributed by atoms with van der Waals surface area (Å²) in [6, 6.07) is 12.1. The van der Waals surface area contributed by atoms with Crippen LogP contribution in [0.5, 0.6) is 0 Å². The summed E-state index contributed by atoms with van der Waals surface area (Å²) in [5.41, 5.74) is 0.211. The van der Waals surface area contributed by atoms with Crippen LogP contribution in [0.2, 0.25) is 0 Å². The summed E-state index contributed by atoms with van der Waals surface area (Å²) in [6.45, 7) is 0. The molecule has 0 bridgehead atoms. The van der Waals surface area contributed by atoms with E-state index in [-0.39, 0.29) is 5.91 Å². The molecule has 3 amide bonds. The molecule has 1 fully saturated rings. The highest BCUT2D eigenvalue weighted by Crippen LogP contribution is 2.32. The summed E-state index contributed by atoms with van der Waals surface area (Å²) in [5.74, 6) is -0.380. The van der Waals surface area contributed by atoms with E-state index in [4.69, 9.17) is 0 Å². The van der Waals surface area contributed by atoms with Crippen LogP contribution in [0.15, 0.2) is 54.9 Å². The molecule has 0 saturated carbocycles. The molecule has 1 atom stereocenters. The van der Waals surface area contributed by atoms with Crippen molar-refractivity contribution in [3.05, 3.63) is 66.0 Å². The topological polar surface area (TPSA) is 71.1 Å². The van der Waals surface area contributed by atoms with E-state index in [0.29, 0.717) is 11.1 Å². The lowest BCUT2D eigenvalue weighted by Crippen LogP contribution is -2.44. The maximum atomic E-state index is 12.3. The fourth-order valence-corrected chi connectivity index (χ4v) is 2.32. The van der Waals surface area contributed by atoms with E-state index in [1.807, 2.05) is 30.3 Å². The maximum absolute atomic E-state index is 12.3. The molecule has 0 spiro atoms. The number of hydrogen-bond acceptors (Lipinski definition) is 3. The predicted octanol–water partition coefficient (Wildman–Crippen LogP) is 1.16. The number of imide groups is 1. The highest BCUT2D eigenvalue weighted by molar-refractivity contribution is 6.09. The monoisotopic (exact) mass is 253 g/mol. The second-order valence-electron chi connectivity index (χ2n) is 4.26. The van der Waals surface area contributed by atoms with Crippen LogP contribution in [-0.2, 0) is 10.3 Å². The maximum Gasteiger partial charge on any atom is 0.322 e. The molecule has 0 aliphatic carbocycles. The lowest BCUT2D eigenvalue weighted by molar-refractivity contribution is -0.122. The smallest absolute Gasteiger partial charge is 0.316 e. The Kier molecular flexibility index (Phi) is 2.52. The van der Waals surface area contributed by atoms with Gasteiger partial charge >= 0.3 is 6.03 Å². The van der Waals surface area contributed by atoms with Gasteiger partial charge in [0, 0.05) is 12.4 Å². The van der Waals surface area contributed by atoms with Gasteiger partial charge in [0.2, 0.25) is 0 Å². The van der Waals surface area contributed by atoms with Crippen molar-refractivity contribution < 1.29 is 9.59 Å². The molecule has 0 radical (unpaired) electrons. The van der Waals surface area contributed by atoms with Crippen LogP contribution < -0.4 is 10.6 Å². The van der Waals surface area contributed by atoms with Gasteiger partial charge in [0.05, 0.1) is 0 Å². The number of hydrogen-bond donors (Lipinski definition) is 2. The van der Waals surface area contributed by atoms with Gasteiger partial charge in [-0.1, -0.05) is 30.3 Å². The van der Waals surface area contributed by atoms with Crippen molar-refractivity contribution in [1.82, 2.24) is 15.6 Å². The van der Waals surface area contributed by atoms with Crippen LogP contribution in [0.3, 0.4) is 0 Å². The van der Waals surface area contributed by atoms with Gasteiger partial charge in [0.25, 0.3) is 5.91 Å². The Morgan fingerprint density at radius 3 is 2.11 bits per heavy atom. The normalized spacial score (nSPS) is 21.9. The second-order valence-corrected chi connectivity index (χ2v) is 4.26. The molecule has 94 valence electrons. The quantitative estimate of drug-likeness (QED) is 0.789. The van der Waals surface area contributed by atoms with Gasteiger partial charge in [0.1, 0.15) is 0 Å². The Balaban J connectivity index is 2.23. The number of pyridine rings is 1. The van der Waals surface area contributed by atoms with Crippen LogP contribution >= 0.6 is 0 Å². The molecular formula is C14H11N3O2. The molecule has 3 rings (SSSR count). The third-order valence-corrected chi connectivity index (χ3v) is 3.19. The fourth-order valence-electron chi connectivity index (χ4n) is 2.32. The summed E-state index contributed by atoms with van der Waals surface area (Å²) in [5, 5.41) is 5.02. The Morgan fingerprint density at radius 2 is 1.53 bits per heavy atom. The largest absolute Gasteiger partial charge is 0.322 e. The van der Waals surface area contributed by atoms with E-state index in [1.54, 1.807) is 24.5 Å². The molecule has 2 N–H and O–H groups in total. The molecule has 1 aliphatic heterocycles. The zero-order valence-corrected chi connectivity index (χ0v) is 9.96. The van der Waals surface area contributed by atoms with Gasteiger partial charge in [-0.05, 0) is 23.3 Å². The van der Waals surface area contributed by atoms with E-state index < -0.39 is 11.6 Å². The highest BCUT2D eigenvalue weighted by Gasteiger charge is 2.49. The van der Waals surface area contributed by atoms with Gasteiger partial charge in [-0.3, -0.25) is 15.1 Å².